The lowest BCUT2D eigenvalue weighted by molar-refractivity contribution is -0.113. The Kier molecular flexibility index (Phi) is 8.34. The van der Waals surface area contributed by atoms with Crippen LogP contribution in [0.5, 0.6) is 0 Å². The summed E-state index contributed by atoms with van der Waals surface area (Å²) in [5.41, 5.74) is 4.96. The SMILES string of the molecule is CCOC(=O)c1c(C)[nH]c(/C=C2\C(=O)N(CCCN(C)C)c3ccc(Cl)cc32)c1C.Cl. The summed E-state index contributed by atoms with van der Waals surface area (Å²) in [6.07, 6.45) is 2.68. The number of H-pyrrole nitrogens is 1. The van der Waals surface area contributed by atoms with Crippen LogP contribution in [-0.4, -0.2) is 55.6 Å². The van der Waals surface area contributed by atoms with E-state index in [1.54, 1.807) is 17.9 Å². The summed E-state index contributed by atoms with van der Waals surface area (Å²) in [6.45, 7) is 7.29. The van der Waals surface area contributed by atoms with Gasteiger partial charge in [0.25, 0.3) is 5.91 Å². The molecule has 0 fully saturated rings. The van der Waals surface area contributed by atoms with Gasteiger partial charge < -0.3 is 19.5 Å². The number of carbonyl (C=O) groups excluding carboxylic acids is 2. The summed E-state index contributed by atoms with van der Waals surface area (Å²) >= 11 is 6.24. The predicted molar refractivity (Wildman–Crippen MR) is 128 cm³/mol. The number of esters is 1. The van der Waals surface area contributed by atoms with Crippen LogP contribution in [0, 0.1) is 13.8 Å². The molecule has 0 aliphatic carbocycles. The second kappa shape index (κ2) is 10.4. The lowest BCUT2D eigenvalue weighted by atomic mass is 10.0. The molecule has 0 spiro atoms. The molecule has 0 bridgehead atoms. The van der Waals surface area contributed by atoms with E-state index in [2.05, 4.69) is 9.88 Å². The normalized spacial score (nSPS) is 14.2. The highest BCUT2D eigenvalue weighted by molar-refractivity contribution is 6.37. The Morgan fingerprint density at radius 1 is 1.29 bits per heavy atom. The van der Waals surface area contributed by atoms with Gasteiger partial charge >= 0.3 is 5.97 Å². The van der Waals surface area contributed by atoms with Crippen LogP contribution < -0.4 is 4.90 Å². The lowest BCUT2D eigenvalue weighted by Crippen LogP contribution is -2.29. The fourth-order valence-corrected chi connectivity index (χ4v) is 3.98. The maximum atomic E-state index is 13.3. The molecule has 1 aliphatic rings. The molecule has 2 heterocycles. The van der Waals surface area contributed by atoms with E-state index in [9.17, 15) is 9.59 Å². The maximum absolute atomic E-state index is 13.3. The second-order valence-corrected chi connectivity index (χ2v) is 8.15. The van der Waals surface area contributed by atoms with Gasteiger partial charge in [0.1, 0.15) is 0 Å². The summed E-state index contributed by atoms with van der Waals surface area (Å²) in [5.74, 6) is -0.421. The molecule has 1 aliphatic heterocycles. The molecule has 0 saturated heterocycles. The van der Waals surface area contributed by atoms with E-state index >= 15 is 0 Å². The van der Waals surface area contributed by atoms with E-state index in [4.69, 9.17) is 16.3 Å². The molecule has 1 aromatic heterocycles. The van der Waals surface area contributed by atoms with Gasteiger partial charge in [0, 0.05) is 28.5 Å². The highest BCUT2D eigenvalue weighted by Gasteiger charge is 2.32. The molecular formula is C23H29Cl2N3O3. The quantitative estimate of drug-likeness (QED) is 0.474. The molecule has 0 unspecified atom stereocenters. The van der Waals surface area contributed by atoms with Crippen LogP contribution in [0.25, 0.3) is 11.6 Å². The Bertz CT molecular complexity index is 1010. The number of nitrogens with zero attached hydrogens (tertiary/aromatic N) is 2. The number of fused-ring (bicyclic) bond motifs is 1. The first-order valence-corrected chi connectivity index (χ1v) is 10.5. The predicted octanol–water partition coefficient (Wildman–Crippen LogP) is 4.72. The maximum Gasteiger partial charge on any atom is 0.340 e. The van der Waals surface area contributed by atoms with E-state index < -0.39 is 0 Å². The Morgan fingerprint density at radius 2 is 2.00 bits per heavy atom. The Balaban J connectivity index is 0.00000341. The molecule has 1 aromatic carbocycles. The molecule has 8 heteroatoms. The molecule has 0 saturated carbocycles. The average Bonchev–Trinajstić information content (AvgIpc) is 3.09. The minimum Gasteiger partial charge on any atom is -0.462 e. The van der Waals surface area contributed by atoms with Crippen LogP contribution in [0.2, 0.25) is 5.02 Å². The first-order chi connectivity index (χ1) is 14.2. The number of carbonyl (C=O) groups is 2. The van der Waals surface area contributed by atoms with Crippen molar-refractivity contribution in [3.63, 3.8) is 0 Å². The number of anilines is 1. The molecule has 0 atom stereocenters. The molecular weight excluding hydrogens is 437 g/mol. The molecule has 1 N–H and O–H groups in total. The summed E-state index contributed by atoms with van der Waals surface area (Å²) < 4.78 is 5.17. The number of ether oxygens (including phenoxy) is 1. The first kappa shape index (κ1) is 25.0. The van der Waals surface area contributed by atoms with Crippen molar-refractivity contribution in [1.82, 2.24) is 9.88 Å². The number of hydrogen-bond donors (Lipinski definition) is 1. The first-order valence-electron chi connectivity index (χ1n) is 10.1. The van der Waals surface area contributed by atoms with Gasteiger partial charge in [-0.3, -0.25) is 4.79 Å². The zero-order valence-corrected chi connectivity index (χ0v) is 20.1. The van der Waals surface area contributed by atoms with E-state index in [-0.39, 0.29) is 24.3 Å². The van der Waals surface area contributed by atoms with Gasteiger partial charge in [-0.1, -0.05) is 11.6 Å². The average molecular weight is 466 g/mol. The Morgan fingerprint density at radius 3 is 2.65 bits per heavy atom. The molecule has 0 radical (unpaired) electrons. The van der Waals surface area contributed by atoms with Gasteiger partial charge in [-0.15, -0.1) is 12.4 Å². The summed E-state index contributed by atoms with van der Waals surface area (Å²) in [7, 11) is 4.03. The van der Waals surface area contributed by atoms with Gasteiger partial charge in [-0.2, -0.15) is 0 Å². The van der Waals surface area contributed by atoms with Crippen molar-refractivity contribution in [1.29, 1.82) is 0 Å². The number of halogens is 2. The van der Waals surface area contributed by atoms with Crippen molar-refractivity contribution in [3.8, 4) is 0 Å². The van der Waals surface area contributed by atoms with Crippen LogP contribution in [0.4, 0.5) is 5.69 Å². The van der Waals surface area contributed by atoms with Crippen molar-refractivity contribution in [2.24, 2.45) is 0 Å². The molecule has 3 rings (SSSR count). The number of aryl methyl sites for hydroxylation is 1. The zero-order chi connectivity index (χ0) is 22.0. The van der Waals surface area contributed by atoms with Crippen LogP contribution in [0.15, 0.2) is 18.2 Å². The van der Waals surface area contributed by atoms with Crippen molar-refractivity contribution >= 4 is 53.2 Å². The van der Waals surface area contributed by atoms with Crippen molar-refractivity contribution < 1.29 is 14.3 Å². The third-order valence-corrected chi connectivity index (χ3v) is 5.48. The fourth-order valence-electron chi connectivity index (χ4n) is 3.81. The van der Waals surface area contributed by atoms with Gasteiger partial charge in [-0.25, -0.2) is 4.79 Å². The van der Waals surface area contributed by atoms with E-state index in [1.165, 1.54) is 0 Å². The minimum atomic E-state index is -0.361. The zero-order valence-electron chi connectivity index (χ0n) is 18.5. The minimum absolute atomic E-state index is 0. The van der Waals surface area contributed by atoms with Crippen LogP contribution in [-0.2, 0) is 9.53 Å². The molecule has 168 valence electrons. The van der Waals surface area contributed by atoms with E-state index in [0.717, 1.165) is 41.2 Å². The largest absolute Gasteiger partial charge is 0.462 e. The van der Waals surface area contributed by atoms with Gasteiger partial charge in [0.15, 0.2) is 0 Å². The van der Waals surface area contributed by atoms with Gasteiger partial charge in [0.05, 0.1) is 23.4 Å². The number of nitrogens with one attached hydrogen (secondary N) is 1. The second-order valence-electron chi connectivity index (χ2n) is 7.72. The molecule has 6 nitrogen and oxygen atoms in total. The fraction of sp³-hybridized carbons (Fsp3) is 0.391. The van der Waals surface area contributed by atoms with Crippen molar-refractivity contribution in [2.45, 2.75) is 27.2 Å². The monoisotopic (exact) mass is 465 g/mol. The highest BCUT2D eigenvalue weighted by Crippen LogP contribution is 2.39. The Labute approximate surface area is 194 Å². The number of hydrogen-bond acceptors (Lipinski definition) is 4. The summed E-state index contributed by atoms with van der Waals surface area (Å²) in [4.78, 5) is 32.7. The van der Waals surface area contributed by atoms with Crippen molar-refractivity contribution in [3.05, 3.63) is 51.3 Å². The standard InChI is InChI=1S/C23H28ClN3O3.ClH/c1-6-30-23(29)21-14(2)19(25-15(21)3)13-18-17-12-16(24)8-9-20(17)27(22(18)28)11-7-10-26(4)5;/h8-9,12-13,25H,6-7,10-11H2,1-5H3;1H/b18-13-;. The van der Waals surface area contributed by atoms with Gasteiger partial charge in [0.2, 0.25) is 0 Å². The number of rotatable bonds is 7. The van der Waals surface area contributed by atoms with Crippen LogP contribution in [0.1, 0.15) is 46.2 Å². The number of aromatic amines is 1. The Hall–Kier alpha value is -2.28. The van der Waals surface area contributed by atoms with Gasteiger partial charge in [-0.05, 0) is 77.7 Å². The number of amides is 1. The molecule has 1 amide bonds. The summed E-state index contributed by atoms with van der Waals surface area (Å²) in [5, 5.41) is 0.578. The third-order valence-electron chi connectivity index (χ3n) is 5.25. The number of aromatic nitrogens is 1. The molecule has 2 aromatic rings. The highest BCUT2D eigenvalue weighted by atomic mass is 35.5. The summed E-state index contributed by atoms with van der Waals surface area (Å²) in [6, 6.07) is 5.52. The smallest absolute Gasteiger partial charge is 0.340 e. The molecule has 31 heavy (non-hydrogen) atoms. The van der Waals surface area contributed by atoms with E-state index in [1.807, 2.05) is 46.2 Å². The van der Waals surface area contributed by atoms with Crippen LogP contribution in [0.3, 0.4) is 0 Å². The lowest BCUT2D eigenvalue weighted by Gasteiger charge is -2.18. The van der Waals surface area contributed by atoms with Crippen LogP contribution >= 0.6 is 24.0 Å². The van der Waals surface area contributed by atoms with Crippen molar-refractivity contribution in [2.75, 3.05) is 38.7 Å². The topological polar surface area (TPSA) is 65.6 Å². The van der Waals surface area contributed by atoms with E-state index in [0.29, 0.717) is 29.3 Å². The number of benzene rings is 1. The third kappa shape index (κ3) is 5.14.